The minimum absolute atomic E-state index is 0.0541. The third-order valence-corrected chi connectivity index (χ3v) is 8.23. The van der Waals surface area contributed by atoms with E-state index in [2.05, 4.69) is 66.2 Å². The lowest BCUT2D eigenvalue weighted by Gasteiger charge is -2.26. The first-order valence-corrected chi connectivity index (χ1v) is 15.2. The summed E-state index contributed by atoms with van der Waals surface area (Å²) in [4.78, 5) is 12.1. The molecule has 2 N–H and O–H groups in total. The van der Waals surface area contributed by atoms with Crippen LogP contribution in [0.2, 0.25) is 0 Å². The molecule has 0 amide bonds. The van der Waals surface area contributed by atoms with E-state index in [0.717, 1.165) is 57.7 Å². The summed E-state index contributed by atoms with van der Waals surface area (Å²) in [6, 6.07) is 8.29. The van der Waals surface area contributed by atoms with Crippen molar-refractivity contribution in [2.75, 3.05) is 12.5 Å². The van der Waals surface area contributed by atoms with Crippen molar-refractivity contribution >= 4 is 36.0 Å². The number of thioether (sulfide) groups is 2. The highest BCUT2D eigenvalue weighted by Crippen LogP contribution is 2.37. The maximum absolute atomic E-state index is 11.0. The van der Waals surface area contributed by atoms with Gasteiger partial charge in [0.25, 0.3) is 0 Å². The Labute approximate surface area is 226 Å². The first-order chi connectivity index (χ1) is 16.8. The second-order valence-corrected chi connectivity index (χ2v) is 13.5. The second kappa shape index (κ2) is 11.6. The third-order valence-electron chi connectivity index (χ3n) is 6.82. The monoisotopic (exact) mass is 526 g/mol. The van der Waals surface area contributed by atoms with E-state index in [1.165, 1.54) is 0 Å². The molecule has 2 aromatic rings. The molecule has 1 aliphatic carbocycles. The summed E-state index contributed by atoms with van der Waals surface area (Å²) < 4.78 is 0. The number of phenolic OH excluding ortho intramolecular Hbond substituents is 2. The molecule has 0 saturated heterocycles. The van der Waals surface area contributed by atoms with Crippen molar-refractivity contribution in [1.29, 1.82) is 0 Å². The fourth-order valence-electron chi connectivity index (χ4n) is 4.63. The molecular weight excluding hydrogens is 484 g/mol. The molecule has 6 heteroatoms. The molecular formula is C30H42N2O2S2. The minimum atomic E-state index is -0.157. The lowest BCUT2D eigenvalue weighted by atomic mass is 9.85. The minimum Gasteiger partial charge on any atom is -0.507 e. The Morgan fingerprint density at radius 1 is 0.694 bits per heavy atom. The average molecular weight is 527 g/mol. The van der Waals surface area contributed by atoms with Crippen LogP contribution in [0.3, 0.4) is 0 Å². The van der Waals surface area contributed by atoms with Gasteiger partial charge in [-0.2, -0.15) is 0 Å². The van der Waals surface area contributed by atoms with Crippen LogP contribution in [0.15, 0.2) is 44.0 Å². The topological polar surface area (TPSA) is 65.2 Å². The largest absolute Gasteiger partial charge is 0.507 e. The van der Waals surface area contributed by atoms with E-state index in [1.54, 1.807) is 23.5 Å². The zero-order chi connectivity index (χ0) is 26.7. The van der Waals surface area contributed by atoms with Crippen molar-refractivity contribution < 1.29 is 10.2 Å². The average Bonchev–Trinajstić information content (AvgIpc) is 2.81. The van der Waals surface area contributed by atoms with Gasteiger partial charge in [0.15, 0.2) is 0 Å². The molecule has 0 spiro atoms. The van der Waals surface area contributed by atoms with E-state index >= 15 is 0 Å². The molecule has 3 rings (SSSR count). The highest BCUT2D eigenvalue weighted by atomic mass is 32.2. The van der Waals surface area contributed by atoms with Crippen LogP contribution in [0.1, 0.15) is 89.5 Å². The molecule has 1 fully saturated rings. The standard InChI is InChI=1S/C30H42N2O2S2/c1-29(2,3)23-15-21(35-7)13-19(27(23)33)17-31-25-11-9-10-12-26(25)32-18-20-14-22(36-8)16-24(28(20)34)30(4,5)6/h13-18,25-26,33-34H,9-12H2,1-8H3. The van der Waals surface area contributed by atoms with Gasteiger partial charge in [0.1, 0.15) is 11.5 Å². The molecule has 0 heterocycles. The lowest BCUT2D eigenvalue weighted by Crippen LogP contribution is -2.27. The number of phenols is 2. The SMILES string of the molecule is CSc1cc(C=NC2CCCCC2N=Cc2cc(SC)cc(C(C)(C)C)c2O)c(O)c(C(C)(C)C)c1. The lowest BCUT2D eigenvalue weighted by molar-refractivity contribution is 0.390. The van der Waals surface area contributed by atoms with Crippen LogP contribution in [-0.4, -0.2) is 47.2 Å². The normalized spacial score (nSPS) is 19.4. The van der Waals surface area contributed by atoms with Gasteiger partial charge in [-0.15, -0.1) is 23.5 Å². The van der Waals surface area contributed by atoms with Crippen LogP contribution in [0, 0.1) is 0 Å². The van der Waals surface area contributed by atoms with Crippen molar-refractivity contribution in [3.63, 3.8) is 0 Å². The van der Waals surface area contributed by atoms with Crippen molar-refractivity contribution in [2.45, 2.75) is 99.9 Å². The Morgan fingerprint density at radius 2 is 1.06 bits per heavy atom. The van der Waals surface area contributed by atoms with Gasteiger partial charge in [0.05, 0.1) is 12.1 Å². The Kier molecular flexibility index (Phi) is 9.26. The summed E-state index contributed by atoms with van der Waals surface area (Å²) >= 11 is 3.35. The molecule has 0 aromatic heterocycles. The number of nitrogens with zero attached hydrogens (tertiary/aromatic N) is 2. The Bertz CT molecular complexity index is 1040. The summed E-state index contributed by atoms with van der Waals surface area (Å²) in [5.74, 6) is 0.627. The summed E-state index contributed by atoms with van der Waals surface area (Å²) in [6.07, 6.45) is 12.0. The van der Waals surface area contributed by atoms with Crippen molar-refractivity contribution in [3.8, 4) is 11.5 Å². The molecule has 2 unspecified atom stereocenters. The highest BCUT2D eigenvalue weighted by Gasteiger charge is 2.25. The Balaban J connectivity index is 1.92. The maximum Gasteiger partial charge on any atom is 0.128 e. The molecule has 1 aliphatic rings. The fraction of sp³-hybridized carbons (Fsp3) is 0.533. The fourth-order valence-corrected chi connectivity index (χ4v) is 5.59. The Hall–Kier alpha value is -1.92. The number of hydrogen-bond donors (Lipinski definition) is 2. The molecule has 2 atom stereocenters. The summed E-state index contributed by atoms with van der Waals surface area (Å²) in [5, 5.41) is 22.0. The van der Waals surface area contributed by atoms with Gasteiger partial charge in [0.2, 0.25) is 0 Å². The molecule has 0 bridgehead atoms. The molecule has 2 aromatic carbocycles. The first kappa shape index (κ1) is 28.6. The number of benzene rings is 2. The van der Waals surface area contributed by atoms with Gasteiger partial charge in [0, 0.05) is 44.5 Å². The van der Waals surface area contributed by atoms with Crippen LogP contribution in [0.4, 0.5) is 0 Å². The van der Waals surface area contributed by atoms with Crippen molar-refractivity contribution in [1.82, 2.24) is 0 Å². The first-order valence-electron chi connectivity index (χ1n) is 12.7. The van der Waals surface area contributed by atoms with E-state index in [0.29, 0.717) is 11.5 Å². The van der Waals surface area contributed by atoms with Gasteiger partial charge in [-0.05, 0) is 60.4 Å². The van der Waals surface area contributed by atoms with Gasteiger partial charge >= 0.3 is 0 Å². The van der Waals surface area contributed by atoms with E-state index in [-0.39, 0.29) is 22.9 Å². The number of aliphatic imine (C=N–C) groups is 2. The zero-order valence-electron chi connectivity index (χ0n) is 23.1. The molecule has 196 valence electrons. The summed E-state index contributed by atoms with van der Waals surface area (Å²) in [7, 11) is 0. The zero-order valence-corrected chi connectivity index (χ0v) is 24.7. The Morgan fingerprint density at radius 3 is 1.36 bits per heavy atom. The highest BCUT2D eigenvalue weighted by molar-refractivity contribution is 7.98. The van der Waals surface area contributed by atoms with Crippen LogP contribution >= 0.6 is 23.5 Å². The molecule has 0 aliphatic heterocycles. The van der Waals surface area contributed by atoms with Crippen molar-refractivity contribution in [2.24, 2.45) is 9.98 Å². The quantitative estimate of drug-likeness (QED) is 0.296. The molecule has 36 heavy (non-hydrogen) atoms. The number of rotatable bonds is 6. The second-order valence-electron chi connectivity index (χ2n) is 11.7. The van der Waals surface area contributed by atoms with Crippen LogP contribution in [-0.2, 0) is 10.8 Å². The summed E-state index contributed by atoms with van der Waals surface area (Å²) in [5.41, 5.74) is 3.09. The third kappa shape index (κ3) is 6.89. The van der Waals surface area contributed by atoms with E-state index in [1.807, 2.05) is 24.6 Å². The van der Waals surface area contributed by atoms with Crippen molar-refractivity contribution in [3.05, 3.63) is 46.5 Å². The summed E-state index contributed by atoms with van der Waals surface area (Å²) in [6.45, 7) is 12.7. The number of aromatic hydroxyl groups is 2. The predicted molar refractivity (Wildman–Crippen MR) is 158 cm³/mol. The maximum atomic E-state index is 11.0. The van der Waals surface area contributed by atoms with Crippen LogP contribution in [0.25, 0.3) is 0 Å². The van der Waals surface area contributed by atoms with Gasteiger partial charge in [-0.3, -0.25) is 9.98 Å². The smallest absolute Gasteiger partial charge is 0.128 e. The van der Waals surface area contributed by atoms with E-state index < -0.39 is 0 Å². The van der Waals surface area contributed by atoms with Gasteiger partial charge in [-0.1, -0.05) is 54.4 Å². The van der Waals surface area contributed by atoms with E-state index in [9.17, 15) is 10.2 Å². The van der Waals surface area contributed by atoms with Crippen LogP contribution in [0.5, 0.6) is 11.5 Å². The van der Waals surface area contributed by atoms with Crippen LogP contribution < -0.4 is 0 Å². The van der Waals surface area contributed by atoms with Gasteiger partial charge < -0.3 is 10.2 Å². The molecule has 0 radical (unpaired) electrons. The van der Waals surface area contributed by atoms with E-state index in [4.69, 9.17) is 9.98 Å². The molecule has 1 saturated carbocycles. The van der Waals surface area contributed by atoms with Gasteiger partial charge in [-0.25, -0.2) is 0 Å². The molecule has 4 nitrogen and oxygen atoms in total. The predicted octanol–water partition coefficient (Wildman–Crippen LogP) is 7.99. The number of hydrogen-bond acceptors (Lipinski definition) is 6.